The minimum Gasteiger partial charge on any atom is -0.403 e. The number of alkyl halides is 3. The molecule has 0 radical (unpaired) electrons. The van der Waals surface area contributed by atoms with Crippen LogP contribution in [0.2, 0.25) is 18.1 Å². The highest BCUT2D eigenvalue weighted by atomic mass is 28.3. The summed E-state index contributed by atoms with van der Waals surface area (Å²) in [5, 5.41) is 0. The van der Waals surface area contributed by atoms with Crippen molar-refractivity contribution >= 4 is 8.80 Å². The van der Waals surface area contributed by atoms with Crippen molar-refractivity contribution in [3.8, 4) is 5.75 Å². The number of hydrogen-bond acceptors (Lipinski definition) is 1. The predicted molar refractivity (Wildman–Crippen MR) is 104 cm³/mol. The van der Waals surface area contributed by atoms with Gasteiger partial charge in [-0.3, -0.25) is 0 Å². The Morgan fingerprint density at radius 3 is 2.44 bits per heavy atom. The lowest BCUT2D eigenvalue weighted by atomic mass is 9.95. The number of benzene rings is 1. The largest absolute Gasteiger partial charge is 0.573 e. The fourth-order valence-electron chi connectivity index (χ4n) is 4.16. The minimum absolute atomic E-state index is 0.446. The molecule has 2 rings (SSSR count). The van der Waals surface area contributed by atoms with Gasteiger partial charge in [0.25, 0.3) is 0 Å². The second kappa shape index (κ2) is 11.1. The van der Waals surface area contributed by atoms with Gasteiger partial charge in [0.1, 0.15) is 0 Å². The van der Waals surface area contributed by atoms with E-state index < -0.39 is 26.7 Å². The van der Waals surface area contributed by atoms with Gasteiger partial charge in [-0.2, -0.15) is 0 Å². The molecule has 0 aromatic heterocycles. The molecule has 1 aliphatic rings. The highest BCUT2D eigenvalue weighted by Crippen LogP contribution is 2.32. The van der Waals surface area contributed by atoms with Crippen LogP contribution in [0.15, 0.2) is 18.2 Å². The van der Waals surface area contributed by atoms with E-state index in [1.807, 2.05) is 0 Å². The van der Waals surface area contributed by atoms with Crippen LogP contribution in [0.5, 0.6) is 5.75 Å². The number of halogens is 4. The molecule has 6 heteroatoms. The lowest BCUT2D eigenvalue weighted by Crippen LogP contribution is -2.21. The molecule has 0 aliphatic carbocycles. The molecular formula is C21H32F4OSi. The summed E-state index contributed by atoms with van der Waals surface area (Å²) in [6.07, 6.45) is 6.03. The summed E-state index contributed by atoms with van der Waals surface area (Å²) in [6.45, 7) is 2.26. The smallest absolute Gasteiger partial charge is 0.403 e. The van der Waals surface area contributed by atoms with Crippen LogP contribution in [0.4, 0.5) is 17.6 Å². The van der Waals surface area contributed by atoms with Crippen molar-refractivity contribution in [2.45, 2.75) is 89.2 Å². The molecular weight excluding hydrogens is 372 g/mol. The zero-order chi connectivity index (χ0) is 19.7. The average Bonchev–Trinajstić information content (AvgIpc) is 2.61. The lowest BCUT2D eigenvalue weighted by molar-refractivity contribution is -0.275. The first kappa shape index (κ1) is 22.2. The Balaban J connectivity index is 1.62. The quantitative estimate of drug-likeness (QED) is 0.226. The van der Waals surface area contributed by atoms with Crippen LogP contribution in [0.3, 0.4) is 0 Å². The first-order valence-corrected chi connectivity index (χ1v) is 12.9. The number of aryl methyl sites for hydroxylation is 1. The Morgan fingerprint density at radius 2 is 1.81 bits per heavy atom. The normalized spacial score (nSPS) is 20.6. The Bertz CT molecular complexity index is 554. The molecule has 1 aromatic rings. The van der Waals surface area contributed by atoms with Crippen LogP contribution in [0, 0.1) is 11.7 Å². The van der Waals surface area contributed by atoms with Gasteiger partial charge < -0.3 is 4.74 Å². The zero-order valence-electron chi connectivity index (χ0n) is 16.3. The third-order valence-corrected chi connectivity index (χ3v) is 9.26. The van der Waals surface area contributed by atoms with E-state index in [1.165, 1.54) is 62.7 Å². The van der Waals surface area contributed by atoms with Crippen LogP contribution in [0.1, 0.15) is 63.9 Å². The molecule has 27 heavy (non-hydrogen) atoms. The van der Waals surface area contributed by atoms with Crippen LogP contribution in [-0.4, -0.2) is 15.2 Å². The van der Waals surface area contributed by atoms with Crippen molar-refractivity contribution in [2.75, 3.05) is 0 Å². The molecule has 0 amide bonds. The van der Waals surface area contributed by atoms with E-state index >= 15 is 0 Å². The first-order chi connectivity index (χ1) is 12.9. The van der Waals surface area contributed by atoms with E-state index in [4.69, 9.17) is 0 Å². The Labute approximate surface area is 162 Å². The highest BCUT2D eigenvalue weighted by molar-refractivity contribution is 6.58. The SMILES string of the molecule is CCCCC[Si@H]1CC[C@H](CCCCc2ccc(OC(F)(F)F)c(F)c2)CC1. The van der Waals surface area contributed by atoms with Crippen molar-refractivity contribution in [3.63, 3.8) is 0 Å². The summed E-state index contributed by atoms with van der Waals surface area (Å²) in [5.74, 6) is -0.860. The number of ether oxygens (including phenoxy) is 1. The third kappa shape index (κ3) is 8.67. The Kier molecular flexibility index (Phi) is 9.13. The summed E-state index contributed by atoms with van der Waals surface area (Å²) in [4.78, 5) is 0. The molecule has 154 valence electrons. The Morgan fingerprint density at radius 1 is 1.07 bits per heavy atom. The molecule has 1 heterocycles. The lowest BCUT2D eigenvalue weighted by Gasteiger charge is -2.27. The number of rotatable bonds is 10. The van der Waals surface area contributed by atoms with Gasteiger partial charge in [0.2, 0.25) is 0 Å². The molecule has 0 saturated carbocycles. The highest BCUT2D eigenvalue weighted by Gasteiger charge is 2.32. The van der Waals surface area contributed by atoms with E-state index in [-0.39, 0.29) is 0 Å². The number of hydrogen-bond donors (Lipinski definition) is 0. The van der Waals surface area contributed by atoms with Gasteiger partial charge in [-0.1, -0.05) is 76.1 Å². The van der Waals surface area contributed by atoms with Gasteiger partial charge in [-0.05, 0) is 36.5 Å². The molecule has 0 bridgehead atoms. The average molecular weight is 405 g/mol. The van der Waals surface area contributed by atoms with E-state index in [1.54, 1.807) is 0 Å². The maximum atomic E-state index is 13.7. The van der Waals surface area contributed by atoms with Gasteiger partial charge in [-0.25, -0.2) is 4.39 Å². The molecule has 0 N–H and O–H groups in total. The second-order valence-corrected chi connectivity index (χ2v) is 11.4. The molecule has 0 spiro atoms. The van der Waals surface area contributed by atoms with Crippen molar-refractivity contribution in [1.82, 2.24) is 0 Å². The van der Waals surface area contributed by atoms with Crippen molar-refractivity contribution in [3.05, 3.63) is 29.6 Å². The van der Waals surface area contributed by atoms with Crippen molar-refractivity contribution in [1.29, 1.82) is 0 Å². The van der Waals surface area contributed by atoms with E-state index in [0.717, 1.165) is 36.5 Å². The van der Waals surface area contributed by atoms with Crippen LogP contribution in [-0.2, 0) is 6.42 Å². The molecule has 1 nitrogen and oxygen atoms in total. The molecule has 1 saturated heterocycles. The molecule has 1 aromatic carbocycles. The number of unbranched alkanes of at least 4 members (excludes halogenated alkanes) is 3. The van der Waals surface area contributed by atoms with Gasteiger partial charge in [0.05, 0.1) is 0 Å². The van der Waals surface area contributed by atoms with E-state index in [0.29, 0.717) is 6.42 Å². The third-order valence-electron chi connectivity index (χ3n) is 5.73. The molecule has 1 aliphatic heterocycles. The van der Waals surface area contributed by atoms with E-state index in [2.05, 4.69) is 11.7 Å². The van der Waals surface area contributed by atoms with E-state index in [9.17, 15) is 17.6 Å². The topological polar surface area (TPSA) is 9.23 Å². The summed E-state index contributed by atoms with van der Waals surface area (Å²) in [6, 6.07) is 8.29. The monoisotopic (exact) mass is 404 g/mol. The van der Waals surface area contributed by atoms with Gasteiger partial charge >= 0.3 is 6.36 Å². The van der Waals surface area contributed by atoms with Crippen LogP contribution >= 0.6 is 0 Å². The van der Waals surface area contributed by atoms with Gasteiger partial charge in [0.15, 0.2) is 11.6 Å². The van der Waals surface area contributed by atoms with Crippen LogP contribution < -0.4 is 4.74 Å². The van der Waals surface area contributed by atoms with Crippen molar-refractivity contribution < 1.29 is 22.3 Å². The van der Waals surface area contributed by atoms with Crippen molar-refractivity contribution in [2.24, 2.45) is 5.92 Å². The fraction of sp³-hybridized carbons (Fsp3) is 0.714. The maximum absolute atomic E-state index is 13.7. The standard InChI is InChI=1S/C21H32F4OSi/c1-2-3-6-13-27-14-11-17(12-15-27)7-4-5-8-18-9-10-20(19(22)16-18)26-21(23,24)25/h9-10,16-17,27H,2-8,11-15H2,1H3/t17-,27-. The van der Waals surface area contributed by atoms with Gasteiger partial charge in [-0.15, -0.1) is 13.2 Å². The maximum Gasteiger partial charge on any atom is 0.573 e. The summed E-state index contributed by atoms with van der Waals surface area (Å²) >= 11 is 0. The predicted octanol–water partition coefficient (Wildman–Crippen LogP) is 7.26. The van der Waals surface area contributed by atoms with Crippen LogP contribution in [0.25, 0.3) is 0 Å². The van der Waals surface area contributed by atoms with Gasteiger partial charge in [0, 0.05) is 8.80 Å². The molecule has 0 unspecified atom stereocenters. The zero-order valence-corrected chi connectivity index (χ0v) is 17.4. The fourth-order valence-corrected chi connectivity index (χ4v) is 7.78. The summed E-state index contributed by atoms with van der Waals surface area (Å²) in [5.41, 5.74) is 0.731. The summed E-state index contributed by atoms with van der Waals surface area (Å²) < 4.78 is 53.9. The first-order valence-electron chi connectivity index (χ1n) is 10.4. The minimum atomic E-state index is -4.86. The molecule has 1 fully saturated rings. The second-order valence-electron chi connectivity index (χ2n) is 7.94. The molecule has 0 atom stereocenters. The Hall–Kier alpha value is -1.04. The summed E-state index contributed by atoms with van der Waals surface area (Å²) in [7, 11) is -0.446.